The zero-order valence-corrected chi connectivity index (χ0v) is 11.2. The minimum Gasteiger partial charge on any atom is -0.378 e. The first-order valence-electron chi connectivity index (χ1n) is 5.61. The molecule has 1 heterocycles. The maximum atomic E-state index is 11.7. The molecule has 0 radical (unpaired) electrons. The lowest BCUT2D eigenvalue weighted by molar-refractivity contribution is 0.0950. The quantitative estimate of drug-likeness (QED) is 0.917. The van der Waals surface area contributed by atoms with E-state index in [9.17, 15) is 4.79 Å². The van der Waals surface area contributed by atoms with Gasteiger partial charge in [-0.15, -0.1) is 11.3 Å². The average Bonchev–Trinajstić information content (AvgIpc) is 2.90. The molecule has 5 heteroatoms. The number of carbonyl (C=O) groups is 1. The second-order valence-corrected chi connectivity index (χ2v) is 4.98. The third-order valence-electron chi connectivity index (χ3n) is 2.53. The van der Waals surface area contributed by atoms with Crippen molar-refractivity contribution in [3.05, 3.63) is 46.4 Å². The third kappa shape index (κ3) is 3.07. The molecule has 0 saturated heterocycles. The fourth-order valence-electron chi connectivity index (χ4n) is 1.51. The molecule has 18 heavy (non-hydrogen) atoms. The van der Waals surface area contributed by atoms with E-state index in [1.54, 1.807) is 11.6 Å². The molecule has 0 aliphatic carbocycles. The van der Waals surface area contributed by atoms with E-state index in [0.29, 0.717) is 11.6 Å². The van der Waals surface area contributed by atoms with Crippen LogP contribution in [0.25, 0.3) is 0 Å². The van der Waals surface area contributed by atoms with Crippen LogP contribution in [-0.2, 0) is 6.54 Å². The highest BCUT2D eigenvalue weighted by molar-refractivity contribution is 7.11. The molecular formula is C13H15N3OS. The van der Waals surface area contributed by atoms with Gasteiger partial charge in [0.15, 0.2) is 5.01 Å². The number of amides is 1. The Balaban J connectivity index is 1.92. The summed E-state index contributed by atoms with van der Waals surface area (Å²) in [6, 6.07) is 8.09. The zero-order valence-electron chi connectivity index (χ0n) is 10.4. The van der Waals surface area contributed by atoms with Crippen LogP contribution in [0.2, 0.25) is 0 Å². The maximum Gasteiger partial charge on any atom is 0.280 e. The summed E-state index contributed by atoms with van der Waals surface area (Å²) >= 11 is 1.34. The van der Waals surface area contributed by atoms with Crippen LogP contribution in [0.3, 0.4) is 0 Å². The molecule has 0 bridgehead atoms. The minimum atomic E-state index is -0.123. The van der Waals surface area contributed by atoms with Crippen LogP contribution in [-0.4, -0.2) is 25.0 Å². The molecule has 0 spiro atoms. The topological polar surface area (TPSA) is 45.2 Å². The summed E-state index contributed by atoms with van der Waals surface area (Å²) < 4.78 is 0. The summed E-state index contributed by atoms with van der Waals surface area (Å²) in [5.41, 5.74) is 2.22. The summed E-state index contributed by atoms with van der Waals surface area (Å²) in [5.74, 6) is -0.123. The van der Waals surface area contributed by atoms with E-state index in [2.05, 4.69) is 10.3 Å². The van der Waals surface area contributed by atoms with Gasteiger partial charge in [-0.25, -0.2) is 4.98 Å². The summed E-state index contributed by atoms with van der Waals surface area (Å²) in [6.07, 6.45) is 1.63. The molecule has 1 aromatic heterocycles. The van der Waals surface area contributed by atoms with Gasteiger partial charge in [0.1, 0.15) is 0 Å². The SMILES string of the molecule is CN(C)c1ccc(CNC(=O)c2nccs2)cc1. The highest BCUT2D eigenvalue weighted by Crippen LogP contribution is 2.12. The van der Waals surface area contributed by atoms with Crippen molar-refractivity contribution in [2.75, 3.05) is 19.0 Å². The number of aromatic nitrogens is 1. The van der Waals surface area contributed by atoms with Crippen LogP contribution in [0.4, 0.5) is 5.69 Å². The lowest BCUT2D eigenvalue weighted by Crippen LogP contribution is -2.22. The number of thiazole rings is 1. The Hall–Kier alpha value is -1.88. The number of hydrogen-bond donors (Lipinski definition) is 1. The van der Waals surface area contributed by atoms with Crippen molar-refractivity contribution in [2.24, 2.45) is 0 Å². The number of carbonyl (C=O) groups excluding carboxylic acids is 1. The maximum absolute atomic E-state index is 11.7. The van der Waals surface area contributed by atoms with Crippen molar-refractivity contribution in [1.82, 2.24) is 10.3 Å². The van der Waals surface area contributed by atoms with E-state index in [0.717, 1.165) is 11.3 Å². The zero-order chi connectivity index (χ0) is 13.0. The third-order valence-corrected chi connectivity index (χ3v) is 3.30. The van der Waals surface area contributed by atoms with Crippen LogP contribution in [0.15, 0.2) is 35.8 Å². The standard InChI is InChI=1S/C13H15N3OS/c1-16(2)11-5-3-10(4-6-11)9-15-12(17)13-14-7-8-18-13/h3-8H,9H2,1-2H3,(H,15,17). The molecule has 2 rings (SSSR count). The van der Waals surface area contributed by atoms with Crippen molar-refractivity contribution in [3.8, 4) is 0 Å². The van der Waals surface area contributed by atoms with Crippen LogP contribution in [0.1, 0.15) is 15.4 Å². The summed E-state index contributed by atoms with van der Waals surface area (Å²) in [4.78, 5) is 17.7. The van der Waals surface area contributed by atoms with E-state index < -0.39 is 0 Å². The van der Waals surface area contributed by atoms with E-state index in [1.807, 2.05) is 43.3 Å². The fourth-order valence-corrected chi connectivity index (χ4v) is 2.06. The minimum absolute atomic E-state index is 0.123. The summed E-state index contributed by atoms with van der Waals surface area (Å²) in [6.45, 7) is 0.520. The molecule has 0 aliphatic heterocycles. The van der Waals surface area contributed by atoms with Gasteiger partial charge in [-0.2, -0.15) is 0 Å². The first kappa shape index (κ1) is 12.6. The van der Waals surface area contributed by atoms with Crippen LogP contribution < -0.4 is 10.2 Å². The Bertz CT molecular complexity index is 506. The monoisotopic (exact) mass is 261 g/mol. The predicted molar refractivity (Wildman–Crippen MR) is 74.1 cm³/mol. The lowest BCUT2D eigenvalue weighted by Gasteiger charge is -2.12. The second kappa shape index (κ2) is 5.64. The molecule has 94 valence electrons. The molecule has 4 nitrogen and oxygen atoms in total. The van der Waals surface area contributed by atoms with E-state index in [-0.39, 0.29) is 5.91 Å². The van der Waals surface area contributed by atoms with Gasteiger partial charge in [-0.3, -0.25) is 4.79 Å². The Kier molecular flexibility index (Phi) is 3.94. The van der Waals surface area contributed by atoms with Gasteiger partial charge in [0, 0.05) is 37.9 Å². The van der Waals surface area contributed by atoms with Crippen LogP contribution in [0.5, 0.6) is 0 Å². The summed E-state index contributed by atoms with van der Waals surface area (Å²) in [5, 5.41) is 5.14. The highest BCUT2D eigenvalue weighted by Gasteiger charge is 2.07. The molecule has 0 atom stereocenters. The first-order chi connectivity index (χ1) is 8.66. The molecule has 1 N–H and O–H groups in total. The molecule has 0 aliphatic rings. The number of benzene rings is 1. The number of nitrogens with zero attached hydrogens (tertiary/aromatic N) is 2. The van der Waals surface area contributed by atoms with Crippen molar-refractivity contribution in [3.63, 3.8) is 0 Å². The van der Waals surface area contributed by atoms with E-state index in [4.69, 9.17) is 0 Å². The Morgan fingerprint density at radius 2 is 2.06 bits per heavy atom. The molecule has 1 amide bonds. The van der Waals surface area contributed by atoms with Crippen molar-refractivity contribution >= 4 is 22.9 Å². The van der Waals surface area contributed by atoms with Crippen molar-refractivity contribution in [2.45, 2.75) is 6.54 Å². The highest BCUT2D eigenvalue weighted by atomic mass is 32.1. The molecule has 2 aromatic rings. The molecule has 0 unspecified atom stereocenters. The van der Waals surface area contributed by atoms with Gasteiger partial charge in [0.25, 0.3) is 5.91 Å². The van der Waals surface area contributed by atoms with Crippen molar-refractivity contribution in [1.29, 1.82) is 0 Å². The number of anilines is 1. The van der Waals surface area contributed by atoms with Gasteiger partial charge in [-0.1, -0.05) is 12.1 Å². The van der Waals surface area contributed by atoms with Crippen LogP contribution in [0, 0.1) is 0 Å². The molecule has 0 saturated carbocycles. The smallest absolute Gasteiger partial charge is 0.280 e. The van der Waals surface area contributed by atoms with Crippen molar-refractivity contribution < 1.29 is 4.79 Å². The number of nitrogens with one attached hydrogen (secondary N) is 1. The van der Waals surface area contributed by atoms with Gasteiger partial charge < -0.3 is 10.2 Å². The summed E-state index contributed by atoms with van der Waals surface area (Å²) in [7, 11) is 4.00. The Labute approximate surface area is 110 Å². The van der Waals surface area contributed by atoms with Gasteiger partial charge in [-0.05, 0) is 17.7 Å². The molecule has 1 aromatic carbocycles. The largest absolute Gasteiger partial charge is 0.378 e. The average molecular weight is 261 g/mol. The van der Waals surface area contributed by atoms with Gasteiger partial charge in [0.05, 0.1) is 0 Å². The van der Waals surface area contributed by atoms with E-state index in [1.165, 1.54) is 11.3 Å². The molecular weight excluding hydrogens is 246 g/mol. The van der Waals surface area contributed by atoms with Crippen LogP contribution >= 0.6 is 11.3 Å². The lowest BCUT2D eigenvalue weighted by atomic mass is 10.2. The second-order valence-electron chi connectivity index (χ2n) is 4.08. The predicted octanol–water partition coefficient (Wildman–Crippen LogP) is 2.14. The van der Waals surface area contributed by atoms with Gasteiger partial charge >= 0.3 is 0 Å². The Morgan fingerprint density at radius 3 is 2.61 bits per heavy atom. The number of rotatable bonds is 4. The first-order valence-corrected chi connectivity index (χ1v) is 6.49. The van der Waals surface area contributed by atoms with E-state index >= 15 is 0 Å². The Morgan fingerprint density at radius 1 is 1.33 bits per heavy atom. The van der Waals surface area contributed by atoms with Gasteiger partial charge in [0.2, 0.25) is 0 Å². The normalized spacial score (nSPS) is 10.1. The fraction of sp³-hybridized carbons (Fsp3) is 0.231. The molecule has 0 fully saturated rings. The number of hydrogen-bond acceptors (Lipinski definition) is 4.